The maximum atomic E-state index is 13.3. The molecule has 0 bridgehead atoms. The van der Waals surface area contributed by atoms with E-state index in [4.69, 9.17) is 19.5 Å². The van der Waals surface area contributed by atoms with Crippen LogP contribution < -0.4 is 14.9 Å². The van der Waals surface area contributed by atoms with Gasteiger partial charge in [-0.2, -0.15) is 0 Å². The minimum atomic E-state index is -1.75. The largest absolute Gasteiger partial charge is 0.489 e. The highest BCUT2D eigenvalue weighted by atomic mass is 19.1. The minimum absolute atomic E-state index is 0.0261. The Kier molecular flexibility index (Phi) is 4.55. The Morgan fingerprint density at radius 2 is 2.10 bits per heavy atom. The smallest absolute Gasteiger partial charge is 0.488 e. The van der Waals surface area contributed by atoms with Crippen LogP contribution in [0, 0.1) is 5.82 Å². The third-order valence-electron chi connectivity index (χ3n) is 2.63. The van der Waals surface area contributed by atoms with Gasteiger partial charge in [-0.05, 0) is 29.7 Å². The molecule has 0 unspecified atom stereocenters. The van der Waals surface area contributed by atoms with Crippen molar-refractivity contribution in [2.24, 2.45) is 0 Å². The van der Waals surface area contributed by atoms with Crippen LogP contribution in [0.5, 0.6) is 11.6 Å². The Hall–Kier alpha value is -2.12. The molecule has 0 aliphatic heterocycles. The number of aromatic nitrogens is 1. The quantitative estimate of drug-likeness (QED) is 0.778. The predicted octanol–water partition coefficient (Wildman–Crippen LogP) is 0.488. The van der Waals surface area contributed by atoms with Crippen LogP contribution in [0.15, 0.2) is 36.5 Å². The van der Waals surface area contributed by atoms with E-state index in [9.17, 15) is 4.39 Å². The summed E-state index contributed by atoms with van der Waals surface area (Å²) in [5.74, 6) is 0.00840. The van der Waals surface area contributed by atoms with Crippen LogP contribution in [0.25, 0.3) is 0 Å². The summed E-state index contributed by atoms with van der Waals surface area (Å²) in [6.45, 7) is 0.126. The number of benzene rings is 1. The molecule has 20 heavy (non-hydrogen) atoms. The van der Waals surface area contributed by atoms with E-state index in [1.165, 1.54) is 13.2 Å². The summed E-state index contributed by atoms with van der Waals surface area (Å²) in [4.78, 5) is 4.02. The lowest BCUT2D eigenvalue weighted by molar-refractivity contribution is 0.292. The Balaban J connectivity index is 2.14. The molecular formula is C13H13BFNO4. The van der Waals surface area contributed by atoms with E-state index >= 15 is 0 Å². The van der Waals surface area contributed by atoms with Gasteiger partial charge in [-0.25, -0.2) is 9.37 Å². The zero-order valence-corrected chi connectivity index (χ0v) is 10.8. The number of ether oxygens (including phenoxy) is 2. The summed E-state index contributed by atoms with van der Waals surface area (Å²) < 4.78 is 23.8. The zero-order chi connectivity index (χ0) is 14.5. The number of halogens is 1. The molecule has 0 aliphatic carbocycles. The van der Waals surface area contributed by atoms with Crippen LogP contribution in [-0.2, 0) is 6.61 Å². The molecular weight excluding hydrogens is 264 g/mol. The van der Waals surface area contributed by atoms with E-state index in [0.29, 0.717) is 11.4 Å². The fourth-order valence-electron chi connectivity index (χ4n) is 1.70. The number of nitrogens with zero attached hydrogens (tertiary/aromatic N) is 1. The Morgan fingerprint density at radius 3 is 2.80 bits per heavy atom. The lowest BCUT2D eigenvalue weighted by Crippen LogP contribution is -2.30. The minimum Gasteiger partial charge on any atom is -0.489 e. The van der Waals surface area contributed by atoms with Gasteiger partial charge in [0.25, 0.3) is 0 Å². The van der Waals surface area contributed by atoms with Crippen LogP contribution in [0.1, 0.15) is 5.56 Å². The van der Waals surface area contributed by atoms with E-state index in [1.54, 1.807) is 18.3 Å². The van der Waals surface area contributed by atoms with Gasteiger partial charge < -0.3 is 19.5 Å². The number of rotatable bonds is 5. The summed E-state index contributed by atoms with van der Waals surface area (Å²) in [6.07, 6.45) is 1.59. The van der Waals surface area contributed by atoms with Gasteiger partial charge in [0, 0.05) is 12.3 Å². The van der Waals surface area contributed by atoms with Gasteiger partial charge in [-0.3, -0.25) is 0 Å². The highest BCUT2D eigenvalue weighted by Crippen LogP contribution is 2.18. The second-order valence-electron chi connectivity index (χ2n) is 4.05. The molecule has 0 saturated heterocycles. The molecule has 0 atom stereocenters. The van der Waals surface area contributed by atoms with Gasteiger partial charge in [0.05, 0.1) is 12.7 Å². The van der Waals surface area contributed by atoms with Crippen molar-refractivity contribution < 1.29 is 23.9 Å². The monoisotopic (exact) mass is 277 g/mol. The van der Waals surface area contributed by atoms with Crippen molar-refractivity contribution >= 4 is 12.6 Å². The van der Waals surface area contributed by atoms with Crippen LogP contribution >= 0.6 is 0 Å². The average molecular weight is 277 g/mol. The summed E-state index contributed by atoms with van der Waals surface area (Å²) in [6, 6.07) is 7.05. The molecule has 7 heteroatoms. The third-order valence-corrected chi connectivity index (χ3v) is 2.63. The summed E-state index contributed by atoms with van der Waals surface area (Å²) in [5.41, 5.74) is 0.725. The Bertz CT molecular complexity index is 594. The fraction of sp³-hybridized carbons (Fsp3) is 0.154. The molecule has 0 fully saturated rings. The zero-order valence-electron chi connectivity index (χ0n) is 10.8. The SMILES string of the molecule is COc1ncccc1COc1cc(F)cc(B(O)O)c1. The van der Waals surface area contributed by atoms with Crippen molar-refractivity contribution in [3.8, 4) is 11.6 Å². The number of hydrogen-bond acceptors (Lipinski definition) is 5. The van der Waals surface area contributed by atoms with Crippen molar-refractivity contribution in [2.45, 2.75) is 6.61 Å². The standard InChI is InChI=1S/C13H13BFNO4/c1-19-13-9(3-2-4-16-13)8-20-12-6-10(14(17)18)5-11(15)7-12/h2-7,17-18H,8H2,1H3. The van der Waals surface area contributed by atoms with Gasteiger partial charge in [-0.1, -0.05) is 0 Å². The fourth-order valence-corrected chi connectivity index (χ4v) is 1.70. The van der Waals surface area contributed by atoms with Crippen LogP contribution in [0.3, 0.4) is 0 Å². The topological polar surface area (TPSA) is 71.8 Å². The van der Waals surface area contributed by atoms with Gasteiger partial charge in [-0.15, -0.1) is 0 Å². The second-order valence-corrected chi connectivity index (χ2v) is 4.05. The average Bonchev–Trinajstić information content (AvgIpc) is 2.44. The van der Waals surface area contributed by atoms with Crippen molar-refractivity contribution in [1.82, 2.24) is 4.98 Å². The molecule has 0 amide bonds. The molecule has 2 N–H and O–H groups in total. The molecule has 1 aromatic heterocycles. The van der Waals surface area contributed by atoms with Crippen LogP contribution in [0.4, 0.5) is 4.39 Å². The van der Waals surface area contributed by atoms with Crippen molar-refractivity contribution in [1.29, 1.82) is 0 Å². The maximum absolute atomic E-state index is 13.3. The number of hydrogen-bond donors (Lipinski definition) is 2. The third kappa shape index (κ3) is 3.46. The van der Waals surface area contributed by atoms with Crippen LogP contribution in [0.2, 0.25) is 0 Å². The summed E-state index contributed by atoms with van der Waals surface area (Å²) in [7, 11) is -0.255. The summed E-state index contributed by atoms with van der Waals surface area (Å²) >= 11 is 0. The number of methoxy groups -OCH3 is 1. The predicted molar refractivity (Wildman–Crippen MR) is 71.3 cm³/mol. The molecule has 0 radical (unpaired) electrons. The normalized spacial score (nSPS) is 10.2. The lowest BCUT2D eigenvalue weighted by atomic mass is 9.80. The Morgan fingerprint density at radius 1 is 1.30 bits per heavy atom. The van der Waals surface area contributed by atoms with E-state index in [0.717, 1.165) is 12.1 Å². The molecule has 0 spiro atoms. The first kappa shape index (κ1) is 14.3. The van der Waals surface area contributed by atoms with Gasteiger partial charge in [0.15, 0.2) is 0 Å². The molecule has 1 aromatic carbocycles. The van der Waals surface area contributed by atoms with Gasteiger partial charge in [0.1, 0.15) is 18.2 Å². The van der Waals surface area contributed by atoms with Crippen LogP contribution in [-0.4, -0.2) is 29.3 Å². The van der Waals surface area contributed by atoms with E-state index in [-0.39, 0.29) is 17.8 Å². The highest BCUT2D eigenvalue weighted by Gasteiger charge is 2.14. The van der Waals surface area contributed by atoms with Crippen molar-refractivity contribution in [3.63, 3.8) is 0 Å². The van der Waals surface area contributed by atoms with Gasteiger partial charge >= 0.3 is 7.12 Å². The highest BCUT2D eigenvalue weighted by molar-refractivity contribution is 6.58. The molecule has 5 nitrogen and oxygen atoms in total. The van der Waals surface area contributed by atoms with E-state index in [2.05, 4.69) is 4.98 Å². The number of pyridine rings is 1. The molecule has 1 heterocycles. The molecule has 2 rings (SSSR count). The molecule has 0 saturated carbocycles. The molecule has 2 aromatic rings. The summed E-state index contributed by atoms with van der Waals surface area (Å²) in [5, 5.41) is 18.1. The Labute approximate surface area is 115 Å². The lowest BCUT2D eigenvalue weighted by Gasteiger charge is -2.10. The second kappa shape index (κ2) is 6.36. The molecule has 0 aliphatic rings. The first-order chi connectivity index (χ1) is 9.60. The van der Waals surface area contributed by atoms with Gasteiger partial charge in [0.2, 0.25) is 5.88 Å². The van der Waals surface area contributed by atoms with Crippen molar-refractivity contribution in [2.75, 3.05) is 7.11 Å². The molecule has 104 valence electrons. The first-order valence-electron chi connectivity index (χ1n) is 5.87. The first-order valence-corrected chi connectivity index (χ1v) is 5.87. The maximum Gasteiger partial charge on any atom is 0.488 e. The van der Waals surface area contributed by atoms with E-state index < -0.39 is 12.9 Å². The van der Waals surface area contributed by atoms with Crippen molar-refractivity contribution in [3.05, 3.63) is 47.9 Å². The van der Waals surface area contributed by atoms with E-state index in [1.807, 2.05) is 0 Å².